The standard InChI is InChI=1S/C17H23NO2/c19-17(20)8-6-13-5-7-16-15(11-13)9-10-18(16)12-14-3-1-2-4-14/h5,7,11,14H,1-4,6,8-10,12H2,(H,19,20). The van der Waals surface area contributed by atoms with Crippen molar-refractivity contribution in [1.82, 2.24) is 0 Å². The summed E-state index contributed by atoms with van der Waals surface area (Å²) < 4.78 is 0. The Kier molecular flexibility index (Phi) is 3.95. The quantitative estimate of drug-likeness (QED) is 0.895. The summed E-state index contributed by atoms with van der Waals surface area (Å²) in [5.41, 5.74) is 3.95. The maximum Gasteiger partial charge on any atom is 0.303 e. The second kappa shape index (κ2) is 5.86. The molecule has 1 aromatic rings. The molecule has 0 aromatic heterocycles. The fourth-order valence-electron chi connectivity index (χ4n) is 3.62. The lowest BCUT2D eigenvalue weighted by molar-refractivity contribution is -0.136. The van der Waals surface area contributed by atoms with Crippen molar-refractivity contribution in [2.24, 2.45) is 5.92 Å². The first-order valence-electron chi connectivity index (χ1n) is 7.81. The summed E-state index contributed by atoms with van der Waals surface area (Å²) in [5.74, 6) is 0.168. The first-order valence-corrected chi connectivity index (χ1v) is 7.81. The summed E-state index contributed by atoms with van der Waals surface area (Å²) in [6.45, 7) is 2.34. The van der Waals surface area contributed by atoms with E-state index in [1.807, 2.05) is 0 Å². The van der Waals surface area contributed by atoms with Crippen LogP contribution in [0, 0.1) is 5.92 Å². The number of carbonyl (C=O) groups is 1. The van der Waals surface area contributed by atoms with Crippen LogP contribution in [0.5, 0.6) is 0 Å². The molecule has 0 unspecified atom stereocenters. The van der Waals surface area contributed by atoms with Gasteiger partial charge in [-0.1, -0.05) is 25.0 Å². The van der Waals surface area contributed by atoms with Gasteiger partial charge in [-0.25, -0.2) is 0 Å². The van der Waals surface area contributed by atoms with Gasteiger partial charge in [0.2, 0.25) is 0 Å². The van der Waals surface area contributed by atoms with Crippen LogP contribution >= 0.6 is 0 Å². The van der Waals surface area contributed by atoms with Crippen LogP contribution in [0.1, 0.15) is 43.2 Å². The highest BCUT2D eigenvalue weighted by Gasteiger charge is 2.24. The van der Waals surface area contributed by atoms with Crippen molar-refractivity contribution in [3.63, 3.8) is 0 Å². The molecule has 1 N–H and O–H groups in total. The molecule has 3 nitrogen and oxygen atoms in total. The van der Waals surface area contributed by atoms with Crippen LogP contribution in [0.25, 0.3) is 0 Å². The minimum Gasteiger partial charge on any atom is -0.481 e. The topological polar surface area (TPSA) is 40.5 Å². The second-order valence-corrected chi connectivity index (χ2v) is 6.20. The normalized spacial score (nSPS) is 18.5. The van der Waals surface area contributed by atoms with Gasteiger partial charge in [0.05, 0.1) is 0 Å². The third-order valence-electron chi connectivity index (χ3n) is 4.72. The van der Waals surface area contributed by atoms with Gasteiger partial charge in [-0.05, 0) is 48.8 Å². The van der Waals surface area contributed by atoms with E-state index in [1.54, 1.807) is 0 Å². The van der Waals surface area contributed by atoms with Crippen LogP contribution in [0.4, 0.5) is 5.69 Å². The minimum atomic E-state index is -0.714. The Bertz CT molecular complexity index is 492. The molecule has 3 heteroatoms. The molecular formula is C17H23NO2. The number of hydrogen-bond acceptors (Lipinski definition) is 2. The Morgan fingerprint density at radius 2 is 2.10 bits per heavy atom. The molecule has 1 aromatic carbocycles. The number of aryl methyl sites for hydroxylation is 1. The summed E-state index contributed by atoms with van der Waals surface area (Å²) in [6.07, 6.45) is 7.57. The summed E-state index contributed by atoms with van der Waals surface area (Å²) in [4.78, 5) is 13.2. The van der Waals surface area contributed by atoms with Crippen LogP contribution in [-0.2, 0) is 17.6 Å². The Labute approximate surface area is 120 Å². The van der Waals surface area contributed by atoms with Crippen molar-refractivity contribution in [3.05, 3.63) is 29.3 Å². The Morgan fingerprint density at radius 3 is 2.85 bits per heavy atom. The molecule has 0 atom stereocenters. The molecule has 1 heterocycles. The number of hydrogen-bond donors (Lipinski definition) is 1. The highest BCUT2D eigenvalue weighted by molar-refractivity contribution is 5.67. The SMILES string of the molecule is O=C(O)CCc1ccc2c(c1)CCN2CC1CCCC1. The first kappa shape index (κ1) is 13.5. The van der Waals surface area contributed by atoms with Crippen molar-refractivity contribution in [2.45, 2.75) is 44.9 Å². The van der Waals surface area contributed by atoms with Crippen LogP contribution < -0.4 is 4.90 Å². The maximum absolute atomic E-state index is 10.6. The number of carboxylic acid groups (broad SMARTS) is 1. The highest BCUT2D eigenvalue weighted by atomic mass is 16.4. The number of benzene rings is 1. The molecule has 20 heavy (non-hydrogen) atoms. The Morgan fingerprint density at radius 1 is 1.30 bits per heavy atom. The van der Waals surface area contributed by atoms with Gasteiger partial charge in [-0.3, -0.25) is 4.79 Å². The zero-order valence-electron chi connectivity index (χ0n) is 12.0. The van der Waals surface area contributed by atoms with Gasteiger partial charge in [0, 0.05) is 25.2 Å². The number of rotatable bonds is 5. The smallest absolute Gasteiger partial charge is 0.303 e. The lowest BCUT2D eigenvalue weighted by Crippen LogP contribution is -2.26. The summed E-state index contributed by atoms with van der Waals surface area (Å²) in [5, 5.41) is 8.76. The highest BCUT2D eigenvalue weighted by Crippen LogP contribution is 2.33. The van der Waals surface area contributed by atoms with Gasteiger partial charge in [-0.2, -0.15) is 0 Å². The molecule has 108 valence electrons. The molecule has 0 saturated heterocycles. The van der Waals surface area contributed by atoms with E-state index in [0.29, 0.717) is 6.42 Å². The zero-order chi connectivity index (χ0) is 13.9. The second-order valence-electron chi connectivity index (χ2n) is 6.20. The summed E-state index contributed by atoms with van der Waals surface area (Å²) in [6, 6.07) is 6.52. The largest absolute Gasteiger partial charge is 0.481 e. The van der Waals surface area contributed by atoms with E-state index in [0.717, 1.165) is 24.4 Å². The Balaban J connectivity index is 1.66. The van der Waals surface area contributed by atoms with Crippen LogP contribution in [0.3, 0.4) is 0 Å². The Hall–Kier alpha value is -1.51. The monoisotopic (exact) mass is 273 g/mol. The molecule has 1 aliphatic heterocycles. The predicted octanol–water partition coefficient (Wildman–Crippen LogP) is 3.26. The molecule has 1 fully saturated rings. The molecule has 0 radical (unpaired) electrons. The van der Waals surface area contributed by atoms with E-state index < -0.39 is 5.97 Å². The van der Waals surface area contributed by atoms with Crippen molar-refractivity contribution in [2.75, 3.05) is 18.0 Å². The number of anilines is 1. The number of aliphatic carboxylic acids is 1. The van der Waals surface area contributed by atoms with Gasteiger partial charge in [0.25, 0.3) is 0 Å². The maximum atomic E-state index is 10.6. The van der Waals surface area contributed by atoms with Gasteiger partial charge in [-0.15, -0.1) is 0 Å². The lowest BCUT2D eigenvalue weighted by Gasteiger charge is -2.23. The number of carboxylic acids is 1. The van der Waals surface area contributed by atoms with Crippen molar-refractivity contribution < 1.29 is 9.90 Å². The van der Waals surface area contributed by atoms with E-state index in [1.165, 1.54) is 43.5 Å². The molecule has 1 aliphatic carbocycles. The molecular weight excluding hydrogens is 250 g/mol. The fraction of sp³-hybridized carbons (Fsp3) is 0.588. The molecule has 0 spiro atoms. The third kappa shape index (κ3) is 2.97. The molecule has 0 amide bonds. The van der Waals surface area contributed by atoms with Gasteiger partial charge < -0.3 is 10.0 Å². The summed E-state index contributed by atoms with van der Waals surface area (Å²) >= 11 is 0. The number of fused-ring (bicyclic) bond motifs is 1. The summed E-state index contributed by atoms with van der Waals surface area (Å²) in [7, 11) is 0. The van der Waals surface area contributed by atoms with Gasteiger partial charge >= 0.3 is 5.97 Å². The van der Waals surface area contributed by atoms with E-state index in [-0.39, 0.29) is 6.42 Å². The lowest BCUT2D eigenvalue weighted by atomic mass is 10.0. The average Bonchev–Trinajstić information content (AvgIpc) is 3.07. The van der Waals surface area contributed by atoms with Crippen molar-refractivity contribution in [3.8, 4) is 0 Å². The molecule has 0 bridgehead atoms. The third-order valence-corrected chi connectivity index (χ3v) is 4.72. The average molecular weight is 273 g/mol. The van der Waals surface area contributed by atoms with E-state index >= 15 is 0 Å². The van der Waals surface area contributed by atoms with Crippen molar-refractivity contribution >= 4 is 11.7 Å². The predicted molar refractivity (Wildman–Crippen MR) is 80.3 cm³/mol. The van der Waals surface area contributed by atoms with Crippen LogP contribution in [0.2, 0.25) is 0 Å². The van der Waals surface area contributed by atoms with E-state index in [9.17, 15) is 4.79 Å². The molecule has 3 rings (SSSR count). The zero-order valence-corrected chi connectivity index (χ0v) is 12.0. The van der Waals surface area contributed by atoms with Gasteiger partial charge in [0.1, 0.15) is 0 Å². The van der Waals surface area contributed by atoms with Crippen LogP contribution in [0.15, 0.2) is 18.2 Å². The van der Waals surface area contributed by atoms with Crippen LogP contribution in [-0.4, -0.2) is 24.2 Å². The first-order chi connectivity index (χ1) is 9.72. The van der Waals surface area contributed by atoms with E-state index in [2.05, 4.69) is 23.1 Å². The van der Waals surface area contributed by atoms with E-state index in [4.69, 9.17) is 5.11 Å². The molecule has 2 aliphatic rings. The molecule has 1 saturated carbocycles. The van der Waals surface area contributed by atoms with Gasteiger partial charge in [0.15, 0.2) is 0 Å². The fourth-order valence-corrected chi connectivity index (χ4v) is 3.62. The number of nitrogens with zero attached hydrogens (tertiary/aromatic N) is 1. The minimum absolute atomic E-state index is 0.227. The van der Waals surface area contributed by atoms with Crippen molar-refractivity contribution in [1.29, 1.82) is 0 Å².